The van der Waals surface area contributed by atoms with Crippen molar-refractivity contribution >= 4 is 34.0 Å². The highest BCUT2D eigenvalue weighted by atomic mass is 32.1. The van der Waals surface area contributed by atoms with Crippen LogP contribution in [0.1, 0.15) is 16.1 Å². The van der Waals surface area contributed by atoms with Crippen molar-refractivity contribution in [3.8, 4) is 0 Å². The predicted molar refractivity (Wildman–Crippen MR) is 76.6 cm³/mol. The van der Waals surface area contributed by atoms with Gasteiger partial charge in [0, 0.05) is 11.1 Å². The number of anilines is 2. The second kappa shape index (κ2) is 6.16. The Labute approximate surface area is 119 Å². The molecular formula is C13H13N3O3S. The Morgan fingerprint density at radius 1 is 1.35 bits per heavy atom. The molecule has 2 aromatic rings. The van der Waals surface area contributed by atoms with Crippen molar-refractivity contribution in [1.82, 2.24) is 4.98 Å². The highest BCUT2D eigenvalue weighted by Gasteiger charge is 2.08. The first kappa shape index (κ1) is 14.0. The van der Waals surface area contributed by atoms with Crippen LogP contribution in [-0.4, -0.2) is 24.0 Å². The van der Waals surface area contributed by atoms with E-state index in [1.165, 1.54) is 18.4 Å². The smallest absolute Gasteiger partial charge is 0.337 e. The van der Waals surface area contributed by atoms with Crippen molar-refractivity contribution < 1.29 is 14.3 Å². The molecule has 6 nitrogen and oxygen atoms in total. The minimum absolute atomic E-state index is 0.159. The quantitative estimate of drug-likeness (QED) is 0.836. The maximum Gasteiger partial charge on any atom is 0.337 e. The number of rotatable bonds is 4. The zero-order chi connectivity index (χ0) is 14.5. The van der Waals surface area contributed by atoms with Crippen molar-refractivity contribution in [2.45, 2.75) is 6.42 Å². The van der Waals surface area contributed by atoms with Gasteiger partial charge in [0.25, 0.3) is 0 Å². The van der Waals surface area contributed by atoms with E-state index in [-0.39, 0.29) is 12.3 Å². The number of carbonyl (C=O) groups is 2. The molecule has 0 unspecified atom stereocenters. The van der Waals surface area contributed by atoms with Crippen LogP contribution in [-0.2, 0) is 16.0 Å². The third kappa shape index (κ3) is 3.55. The molecule has 0 atom stereocenters. The van der Waals surface area contributed by atoms with Gasteiger partial charge < -0.3 is 15.8 Å². The minimum Gasteiger partial charge on any atom is -0.465 e. The third-order valence-electron chi connectivity index (χ3n) is 2.50. The van der Waals surface area contributed by atoms with E-state index in [4.69, 9.17) is 5.73 Å². The summed E-state index contributed by atoms with van der Waals surface area (Å²) in [5.41, 5.74) is 7.16. The number of nitrogen functional groups attached to an aromatic ring is 1. The summed E-state index contributed by atoms with van der Waals surface area (Å²) in [5, 5.41) is 4.90. The van der Waals surface area contributed by atoms with Crippen LogP contribution in [0, 0.1) is 0 Å². The van der Waals surface area contributed by atoms with Gasteiger partial charge >= 0.3 is 5.97 Å². The van der Waals surface area contributed by atoms with Gasteiger partial charge in [-0.2, -0.15) is 0 Å². The number of esters is 1. The van der Waals surface area contributed by atoms with E-state index in [0.717, 1.165) is 0 Å². The molecule has 104 valence electrons. The first-order valence-electron chi connectivity index (χ1n) is 5.76. The molecule has 1 aromatic heterocycles. The number of carbonyl (C=O) groups excluding carboxylic acids is 2. The Kier molecular flexibility index (Phi) is 4.31. The molecule has 0 saturated carbocycles. The molecule has 0 fully saturated rings. The zero-order valence-electron chi connectivity index (χ0n) is 10.8. The normalized spacial score (nSPS) is 10.1. The predicted octanol–water partition coefficient (Wildman–Crippen LogP) is 1.69. The summed E-state index contributed by atoms with van der Waals surface area (Å²) in [6, 6.07) is 6.45. The van der Waals surface area contributed by atoms with Crippen LogP contribution >= 0.6 is 11.3 Å². The molecule has 0 spiro atoms. The highest BCUT2D eigenvalue weighted by Crippen LogP contribution is 2.13. The second-order valence-electron chi connectivity index (χ2n) is 3.97. The monoisotopic (exact) mass is 291 g/mol. The number of nitrogens with one attached hydrogen (secondary N) is 1. The van der Waals surface area contributed by atoms with Gasteiger partial charge in [-0.25, -0.2) is 9.78 Å². The Morgan fingerprint density at radius 2 is 2.05 bits per heavy atom. The van der Waals surface area contributed by atoms with E-state index in [1.54, 1.807) is 29.6 Å². The number of nitrogens with zero attached hydrogens (tertiary/aromatic N) is 1. The molecular weight excluding hydrogens is 278 g/mol. The number of methoxy groups -OCH3 is 1. The lowest BCUT2D eigenvalue weighted by Gasteiger charge is -2.05. The number of aromatic nitrogens is 1. The lowest BCUT2D eigenvalue weighted by Crippen LogP contribution is -2.14. The van der Waals surface area contributed by atoms with Crippen LogP contribution in [0.15, 0.2) is 29.6 Å². The van der Waals surface area contributed by atoms with E-state index < -0.39 is 5.97 Å². The maximum atomic E-state index is 11.8. The van der Waals surface area contributed by atoms with Crippen molar-refractivity contribution in [2.75, 3.05) is 18.2 Å². The van der Waals surface area contributed by atoms with Gasteiger partial charge in [0.05, 0.1) is 24.8 Å². The fourth-order valence-electron chi connectivity index (χ4n) is 1.58. The van der Waals surface area contributed by atoms with E-state index in [1.807, 2.05) is 0 Å². The molecule has 1 heterocycles. The summed E-state index contributed by atoms with van der Waals surface area (Å²) in [6.45, 7) is 0. The Bertz CT molecular complexity index is 622. The van der Waals surface area contributed by atoms with Crippen LogP contribution in [0.2, 0.25) is 0 Å². The number of benzene rings is 1. The van der Waals surface area contributed by atoms with Crippen LogP contribution in [0.4, 0.5) is 10.8 Å². The molecule has 0 bridgehead atoms. The van der Waals surface area contributed by atoms with Gasteiger partial charge in [-0.3, -0.25) is 4.79 Å². The summed E-state index contributed by atoms with van der Waals surface area (Å²) in [4.78, 5) is 27.1. The molecule has 2 rings (SSSR count). The fraction of sp³-hybridized carbons (Fsp3) is 0.154. The van der Waals surface area contributed by atoms with Crippen LogP contribution in [0.3, 0.4) is 0 Å². The molecule has 7 heteroatoms. The standard InChI is InChI=1S/C13H13N3O3S/c1-19-12(18)8-2-4-9(5-3-8)15-11(17)6-10-7-20-13(14)16-10/h2-5,7H,6H2,1H3,(H2,14,16)(H,15,17). The van der Waals surface area contributed by atoms with Crippen molar-refractivity contribution in [2.24, 2.45) is 0 Å². The summed E-state index contributed by atoms with van der Waals surface area (Å²) in [7, 11) is 1.32. The highest BCUT2D eigenvalue weighted by molar-refractivity contribution is 7.13. The average molecular weight is 291 g/mol. The van der Waals surface area contributed by atoms with Gasteiger partial charge in [0.1, 0.15) is 0 Å². The first-order chi connectivity index (χ1) is 9.58. The molecule has 3 N–H and O–H groups in total. The van der Waals surface area contributed by atoms with Gasteiger partial charge in [0.2, 0.25) is 5.91 Å². The lowest BCUT2D eigenvalue weighted by atomic mass is 10.2. The van der Waals surface area contributed by atoms with Crippen molar-refractivity contribution in [3.63, 3.8) is 0 Å². The van der Waals surface area contributed by atoms with E-state index >= 15 is 0 Å². The molecule has 0 aliphatic heterocycles. The number of nitrogens with two attached hydrogens (primary N) is 1. The Morgan fingerprint density at radius 3 is 2.60 bits per heavy atom. The molecule has 0 saturated heterocycles. The average Bonchev–Trinajstić information content (AvgIpc) is 2.84. The Balaban J connectivity index is 1.96. The number of amides is 1. The number of hydrogen-bond donors (Lipinski definition) is 2. The topological polar surface area (TPSA) is 94.3 Å². The summed E-state index contributed by atoms with van der Waals surface area (Å²) in [5.74, 6) is -0.609. The van der Waals surface area contributed by atoms with Crippen molar-refractivity contribution in [3.05, 3.63) is 40.9 Å². The SMILES string of the molecule is COC(=O)c1ccc(NC(=O)Cc2csc(N)n2)cc1. The molecule has 1 aromatic carbocycles. The lowest BCUT2D eigenvalue weighted by molar-refractivity contribution is -0.115. The molecule has 0 aliphatic carbocycles. The van der Waals surface area contributed by atoms with E-state index in [2.05, 4.69) is 15.0 Å². The fourth-order valence-corrected chi connectivity index (χ4v) is 2.14. The number of ether oxygens (including phenoxy) is 1. The van der Waals surface area contributed by atoms with Gasteiger partial charge in [-0.15, -0.1) is 11.3 Å². The molecule has 1 amide bonds. The maximum absolute atomic E-state index is 11.8. The summed E-state index contributed by atoms with van der Waals surface area (Å²) < 4.78 is 4.59. The molecule has 0 aliphatic rings. The Hall–Kier alpha value is -2.41. The second-order valence-corrected chi connectivity index (χ2v) is 4.86. The van der Waals surface area contributed by atoms with E-state index in [0.29, 0.717) is 22.1 Å². The van der Waals surface area contributed by atoms with Crippen molar-refractivity contribution in [1.29, 1.82) is 0 Å². The van der Waals surface area contributed by atoms with Gasteiger partial charge in [-0.1, -0.05) is 0 Å². The van der Waals surface area contributed by atoms with Gasteiger partial charge in [-0.05, 0) is 24.3 Å². The van der Waals surface area contributed by atoms with Gasteiger partial charge in [0.15, 0.2) is 5.13 Å². The van der Waals surface area contributed by atoms with Crippen LogP contribution in [0.25, 0.3) is 0 Å². The van der Waals surface area contributed by atoms with Crippen LogP contribution in [0.5, 0.6) is 0 Å². The number of hydrogen-bond acceptors (Lipinski definition) is 6. The largest absolute Gasteiger partial charge is 0.465 e. The summed E-state index contributed by atoms with van der Waals surface area (Å²) in [6.07, 6.45) is 0.159. The molecule has 0 radical (unpaired) electrons. The van der Waals surface area contributed by atoms with Crippen LogP contribution < -0.4 is 11.1 Å². The summed E-state index contributed by atoms with van der Waals surface area (Å²) >= 11 is 1.30. The third-order valence-corrected chi connectivity index (χ3v) is 3.22. The molecule has 20 heavy (non-hydrogen) atoms. The minimum atomic E-state index is -0.416. The zero-order valence-corrected chi connectivity index (χ0v) is 11.6. The number of thiazole rings is 1. The first-order valence-corrected chi connectivity index (χ1v) is 6.64. The van der Waals surface area contributed by atoms with E-state index in [9.17, 15) is 9.59 Å².